The predicted octanol–water partition coefficient (Wildman–Crippen LogP) is 3.98. The fourth-order valence-electron chi connectivity index (χ4n) is 1.97. The van der Waals surface area contributed by atoms with Crippen molar-refractivity contribution in [2.75, 3.05) is 6.54 Å². The molecule has 0 amide bonds. The summed E-state index contributed by atoms with van der Waals surface area (Å²) in [6.45, 7) is 4.99. The SMILES string of the molecule is CCCN.Cc1ccc2c(c1)[nH]c1ccccc12. The number of fused-ring (bicyclic) bond motifs is 3. The van der Waals surface area contributed by atoms with Crippen LogP contribution < -0.4 is 5.73 Å². The van der Waals surface area contributed by atoms with Crippen LogP contribution in [0.5, 0.6) is 0 Å². The van der Waals surface area contributed by atoms with Crippen LogP contribution in [0.4, 0.5) is 0 Å². The lowest BCUT2D eigenvalue weighted by atomic mass is 10.1. The van der Waals surface area contributed by atoms with Crippen molar-refractivity contribution in [1.29, 1.82) is 0 Å². The zero-order valence-electron chi connectivity index (χ0n) is 11.0. The molecule has 18 heavy (non-hydrogen) atoms. The Balaban J connectivity index is 0.000000267. The van der Waals surface area contributed by atoms with Crippen LogP contribution in [-0.2, 0) is 0 Å². The van der Waals surface area contributed by atoms with Gasteiger partial charge in [-0.15, -0.1) is 0 Å². The number of hydrogen-bond donors (Lipinski definition) is 2. The first kappa shape index (κ1) is 12.7. The number of para-hydroxylation sites is 1. The highest BCUT2D eigenvalue weighted by Gasteiger charge is 2.01. The molecule has 0 spiro atoms. The van der Waals surface area contributed by atoms with Gasteiger partial charge in [-0.3, -0.25) is 0 Å². The summed E-state index contributed by atoms with van der Waals surface area (Å²) in [6, 6.07) is 14.9. The minimum Gasteiger partial charge on any atom is -0.355 e. The van der Waals surface area contributed by atoms with Gasteiger partial charge in [0.2, 0.25) is 0 Å². The smallest absolute Gasteiger partial charge is 0.0467 e. The van der Waals surface area contributed by atoms with E-state index in [-0.39, 0.29) is 0 Å². The highest BCUT2D eigenvalue weighted by Crippen LogP contribution is 2.25. The van der Waals surface area contributed by atoms with Gasteiger partial charge in [0.15, 0.2) is 0 Å². The van der Waals surface area contributed by atoms with E-state index < -0.39 is 0 Å². The van der Waals surface area contributed by atoms with Crippen LogP contribution in [-0.4, -0.2) is 11.5 Å². The van der Waals surface area contributed by atoms with Crippen LogP contribution in [0.3, 0.4) is 0 Å². The van der Waals surface area contributed by atoms with E-state index in [2.05, 4.69) is 61.3 Å². The molecule has 0 radical (unpaired) electrons. The van der Waals surface area contributed by atoms with Crippen molar-refractivity contribution >= 4 is 21.8 Å². The van der Waals surface area contributed by atoms with Gasteiger partial charge < -0.3 is 10.7 Å². The molecule has 0 unspecified atom stereocenters. The molecule has 3 aromatic rings. The molecule has 3 N–H and O–H groups in total. The van der Waals surface area contributed by atoms with E-state index in [1.54, 1.807) is 0 Å². The normalized spacial score (nSPS) is 10.4. The number of aryl methyl sites for hydroxylation is 1. The summed E-state index contributed by atoms with van der Waals surface area (Å²) in [4.78, 5) is 3.42. The van der Waals surface area contributed by atoms with E-state index in [1.807, 2.05) is 0 Å². The van der Waals surface area contributed by atoms with Gasteiger partial charge >= 0.3 is 0 Å². The van der Waals surface area contributed by atoms with Gasteiger partial charge in [0.05, 0.1) is 0 Å². The van der Waals surface area contributed by atoms with Gasteiger partial charge in [-0.25, -0.2) is 0 Å². The summed E-state index contributed by atoms with van der Waals surface area (Å²) in [7, 11) is 0. The quantitative estimate of drug-likeness (QED) is 0.663. The molecule has 3 rings (SSSR count). The number of hydrogen-bond acceptors (Lipinski definition) is 1. The van der Waals surface area contributed by atoms with Crippen molar-refractivity contribution in [3.05, 3.63) is 48.0 Å². The van der Waals surface area contributed by atoms with Gasteiger partial charge in [0, 0.05) is 21.8 Å². The highest BCUT2D eigenvalue weighted by molar-refractivity contribution is 6.07. The van der Waals surface area contributed by atoms with Gasteiger partial charge in [-0.2, -0.15) is 0 Å². The molecule has 2 nitrogen and oxygen atoms in total. The van der Waals surface area contributed by atoms with Crippen molar-refractivity contribution in [2.45, 2.75) is 20.3 Å². The third-order valence-electron chi connectivity index (χ3n) is 2.95. The number of aromatic nitrogens is 1. The summed E-state index contributed by atoms with van der Waals surface area (Å²) < 4.78 is 0. The van der Waals surface area contributed by atoms with Crippen molar-refractivity contribution in [3.8, 4) is 0 Å². The van der Waals surface area contributed by atoms with Crippen LogP contribution in [0, 0.1) is 6.92 Å². The van der Waals surface area contributed by atoms with Gasteiger partial charge in [0.25, 0.3) is 0 Å². The first-order valence-electron chi connectivity index (χ1n) is 6.43. The van der Waals surface area contributed by atoms with E-state index in [1.165, 1.54) is 27.4 Å². The summed E-state index contributed by atoms with van der Waals surface area (Å²) in [6.07, 6.45) is 1.10. The number of rotatable bonds is 1. The van der Waals surface area contributed by atoms with Gasteiger partial charge in [-0.05, 0) is 37.6 Å². The summed E-state index contributed by atoms with van der Waals surface area (Å²) >= 11 is 0. The number of nitrogens with two attached hydrogens (primary N) is 1. The molecular weight excluding hydrogens is 220 g/mol. The minimum absolute atomic E-state index is 0.819. The molecule has 0 aliphatic rings. The van der Waals surface area contributed by atoms with Gasteiger partial charge in [0.1, 0.15) is 0 Å². The first-order valence-corrected chi connectivity index (χ1v) is 6.43. The third kappa shape index (κ3) is 2.54. The second kappa shape index (κ2) is 5.69. The molecule has 0 bridgehead atoms. The summed E-state index contributed by atoms with van der Waals surface area (Å²) in [5, 5.41) is 2.62. The topological polar surface area (TPSA) is 41.8 Å². The lowest BCUT2D eigenvalue weighted by Gasteiger charge is -1.92. The Bertz CT molecular complexity index is 636. The standard InChI is InChI=1S/C13H11N.C3H9N/c1-9-6-7-11-10-4-2-3-5-12(10)14-13(11)8-9;1-2-3-4/h2-8,14H,1H3;2-4H2,1H3. The molecule has 0 saturated carbocycles. The zero-order chi connectivity index (χ0) is 13.0. The van der Waals surface area contributed by atoms with Crippen molar-refractivity contribution in [2.24, 2.45) is 5.73 Å². The number of nitrogens with one attached hydrogen (secondary N) is 1. The predicted molar refractivity (Wildman–Crippen MR) is 79.9 cm³/mol. The monoisotopic (exact) mass is 240 g/mol. The lowest BCUT2D eigenvalue weighted by molar-refractivity contribution is 0.932. The second-order valence-electron chi connectivity index (χ2n) is 4.51. The van der Waals surface area contributed by atoms with E-state index in [4.69, 9.17) is 5.73 Å². The molecule has 94 valence electrons. The lowest BCUT2D eigenvalue weighted by Crippen LogP contribution is -1.93. The second-order valence-corrected chi connectivity index (χ2v) is 4.51. The Morgan fingerprint density at radius 1 is 1.00 bits per heavy atom. The fraction of sp³-hybridized carbons (Fsp3) is 0.250. The molecule has 0 fully saturated rings. The van der Waals surface area contributed by atoms with Crippen molar-refractivity contribution < 1.29 is 0 Å². The maximum atomic E-state index is 5.03. The summed E-state index contributed by atoms with van der Waals surface area (Å²) in [5.41, 5.74) is 8.77. The molecule has 0 saturated heterocycles. The average Bonchev–Trinajstić information content (AvgIpc) is 2.76. The molecule has 0 aliphatic carbocycles. The Labute approximate surface area is 108 Å². The number of aromatic amines is 1. The van der Waals surface area contributed by atoms with Crippen LogP contribution in [0.1, 0.15) is 18.9 Å². The molecule has 0 atom stereocenters. The molecule has 1 heterocycles. The van der Waals surface area contributed by atoms with E-state index in [0.717, 1.165) is 13.0 Å². The maximum absolute atomic E-state index is 5.03. The fourth-order valence-corrected chi connectivity index (χ4v) is 1.97. The molecular formula is C16H20N2. The van der Waals surface area contributed by atoms with E-state index in [0.29, 0.717) is 0 Å². The van der Waals surface area contributed by atoms with Crippen molar-refractivity contribution in [1.82, 2.24) is 4.98 Å². The van der Waals surface area contributed by atoms with Crippen LogP contribution >= 0.6 is 0 Å². The first-order chi connectivity index (χ1) is 8.76. The largest absolute Gasteiger partial charge is 0.355 e. The summed E-state index contributed by atoms with van der Waals surface area (Å²) in [5.74, 6) is 0. The van der Waals surface area contributed by atoms with Crippen LogP contribution in [0.2, 0.25) is 0 Å². The molecule has 2 aromatic carbocycles. The van der Waals surface area contributed by atoms with E-state index >= 15 is 0 Å². The molecule has 2 heteroatoms. The number of H-pyrrole nitrogens is 1. The average molecular weight is 240 g/mol. The van der Waals surface area contributed by atoms with Crippen molar-refractivity contribution in [3.63, 3.8) is 0 Å². The Hall–Kier alpha value is -1.80. The molecule has 0 aliphatic heterocycles. The van der Waals surface area contributed by atoms with E-state index in [9.17, 15) is 0 Å². The Kier molecular flexibility index (Phi) is 4.00. The zero-order valence-corrected chi connectivity index (χ0v) is 11.0. The maximum Gasteiger partial charge on any atom is 0.0467 e. The van der Waals surface area contributed by atoms with Crippen LogP contribution in [0.15, 0.2) is 42.5 Å². The Morgan fingerprint density at radius 3 is 2.39 bits per heavy atom. The number of benzene rings is 2. The minimum atomic E-state index is 0.819. The van der Waals surface area contributed by atoms with Gasteiger partial charge in [-0.1, -0.05) is 37.3 Å². The van der Waals surface area contributed by atoms with Crippen LogP contribution in [0.25, 0.3) is 21.8 Å². The third-order valence-corrected chi connectivity index (χ3v) is 2.95. The Morgan fingerprint density at radius 2 is 1.67 bits per heavy atom. The molecule has 1 aromatic heterocycles. The highest BCUT2D eigenvalue weighted by atomic mass is 14.7.